The molecule has 5 nitrogen and oxygen atoms in total. The molecule has 1 N–H and O–H groups in total. The van der Waals surface area contributed by atoms with Crippen LogP contribution in [0.2, 0.25) is 0 Å². The minimum Gasteiger partial charge on any atom is -0.336 e. The molecule has 1 atom stereocenters. The number of hydrogen-bond donors (Lipinski definition) is 1. The lowest BCUT2D eigenvalue weighted by atomic mass is 10.2. The number of likely N-dealkylation sites (N-methyl/N-ethyl adjacent to an activating group) is 1. The molecule has 1 aromatic rings. The number of amides is 1. The van der Waals surface area contributed by atoms with Crippen LogP contribution in [-0.4, -0.2) is 46.6 Å². The van der Waals surface area contributed by atoms with Crippen molar-refractivity contribution in [3.8, 4) is 0 Å². The summed E-state index contributed by atoms with van der Waals surface area (Å²) in [4.78, 5) is 13.5. The summed E-state index contributed by atoms with van der Waals surface area (Å²) in [6, 6.07) is 0.296. The van der Waals surface area contributed by atoms with Gasteiger partial charge in [-0.2, -0.15) is 0 Å². The fourth-order valence-corrected chi connectivity index (χ4v) is 2.00. The van der Waals surface area contributed by atoms with E-state index in [0.29, 0.717) is 11.7 Å². The van der Waals surface area contributed by atoms with E-state index >= 15 is 0 Å². The van der Waals surface area contributed by atoms with Crippen LogP contribution in [0.5, 0.6) is 0 Å². The van der Waals surface area contributed by atoms with Crippen LogP contribution in [0.3, 0.4) is 0 Å². The van der Waals surface area contributed by atoms with E-state index in [1.807, 2.05) is 7.05 Å². The zero-order valence-corrected chi connectivity index (χ0v) is 8.75. The highest BCUT2D eigenvalue weighted by molar-refractivity contribution is 7.03. The van der Waals surface area contributed by atoms with Crippen LogP contribution in [0.1, 0.15) is 16.9 Å². The standard InChI is InChI=1S/C8H12N4OS/c1-12(6-2-3-9-4-6)8(13)7-5-14-11-10-7/h5-6,9H,2-4H2,1H3. The number of nitrogens with one attached hydrogen (secondary N) is 1. The highest BCUT2D eigenvalue weighted by Crippen LogP contribution is 2.10. The molecule has 6 heteroatoms. The first kappa shape index (κ1) is 9.54. The molecule has 2 heterocycles. The van der Waals surface area contributed by atoms with Gasteiger partial charge in [-0.1, -0.05) is 4.49 Å². The Bertz CT molecular complexity index is 307. The number of aromatic nitrogens is 2. The first-order chi connectivity index (χ1) is 6.79. The van der Waals surface area contributed by atoms with Crippen molar-refractivity contribution in [2.75, 3.05) is 20.1 Å². The van der Waals surface area contributed by atoms with Crippen molar-refractivity contribution >= 4 is 17.4 Å². The summed E-state index contributed by atoms with van der Waals surface area (Å²) in [5, 5.41) is 8.67. The third-order valence-electron chi connectivity index (χ3n) is 2.48. The minimum atomic E-state index is -0.0348. The lowest BCUT2D eigenvalue weighted by Crippen LogP contribution is -2.38. The lowest BCUT2D eigenvalue weighted by Gasteiger charge is -2.22. The third kappa shape index (κ3) is 1.76. The second-order valence-electron chi connectivity index (χ2n) is 3.35. The molecule has 0 aromatic carbocycles. The molecule has 76 valence electrons. The Kier molecular flexibility index (Phi) is 2.74. The van der Waals surface area contributed by atoms with Crippen molar-refractivity contribution in [1.82, 2.24) is 19.8 Å². The molecule has 0 aliphatic carbocycles. The maximum atomic E-state index is 11.8. The largest absolute Gasteiger partial charge is 0.336 e. The van der Waals surface area contributed by atoms with Gasteiger partial charge in [0.15, 0.2) is 5.69 Å². The van der Waals surface area contributed by atoms with Gasteiger partial charge in [-0.05, 0) is 24.5 Å². The number of carbonyl (C=O) groups excluding carboxylic acids is 1. The molecule has 0 radical (unpaired) electrons. The summed E-state index contributed by atoms with van der Waals surface area (Å²) < 4.78 is 3.68. The van der Waals surface area contributed by atoms with Gasteiger partial charge in [0.2, 0.25) is 0 Å². The number of rotatable bonds is 2. The van der Waals surface area contributed by atoms with Gasteiger partial charge in [0.05, 0.1) is 0 Å². The van der Waals surface area contributed by atoms with Crippen LogP contribution in [0, 0.1) is 0 Å². The highest BCUT2D eigenvalue weighted by atomic mass is 32.1. The molecule has 0 saturated carbocycles. The Morgan fingerprint density at radius 2 is 2.64 bits per heavy atom. The smallest absolute Gasteiger partial charge is 0.275 e. The van der Waals surface area contributed by atoms with E-state index in [9.17, 15) is 4.79 Å². The molecule has 1 unspecified atom stereocenters. The van der Waals surface area contributed by atoms with Gasteiger partial charge in [0, 0.05) is 25.0 Å². The molecule has 1 saturated heterocycles. The maximum absolute atomic E-state index is 11.8. The van der Waals surface area contributed by atoms with Crippen LogP contribution >= 0.6 is 11.5 Å². The van der Waals surface area contributed by atoms with E-state index in [4.69, 9.17) is 0 Å². The van der Waals surface area contributed by atoms with Crippen molar-refractivity contribution in [3.05, 3.63) is 11.1 Å². The second kappa shape index (κ2) is 4.02. The Labute approximate surface area is 86.3 Å². The Hall–Kier alpha value is -1.01. The van der Waals surface area contributed by atoms with E-state index in [2.05, 4.69) is 14.9 Å². The predicted octanol–water partition coefficient (Wildman–Crippen LogP) is -0.0280. The van der Waals surface area contributed by atoms with Gasteiger partial charge in [-0.15, -0.1) is 5.10 Å². The number of nitrogens with zero attached hydrogens (tertiary/aromatic N) is 3. The summed E-state index contributed by atoms with van der Waals surface area (Å²) >= 11 is 1.20. The molecule has 1 amide bonds. The van der Waals surface area contributed by atoms with Crippen molar-refractivity contribution in [2.24, 2.45) is 0 Å². The SMILES string of the molecule is CN(C(=O)c1csnn1)C1CCNC1. The summed E-state index contributed by atoms with van der Waals surface area (Å²) in [5.74, 6) is -0.0348. The molecule has 1 aromatic heterocycles. The molecule has 2 rings (SSSR count). The predicted molar refractivity (Wildman–Crippen MR) is 53.3 cm³/mol. The monoisotopic (exact) mass is 212 g/mol. The van der Waals surface area contributed by atoms with Gasteiger partial charge in [-0.3, -0.25) is 4.79 Å². The van der Waals surface area contributed by atoms with E-state index in [-0.39, 0.29) is 5.91 Å². The number of carbonyl (C=O) groups is 1. The molecule has 1 fully saturated rings. The van der Waals surface area contributed by atoms with Crippen LogP contribution in [0.15, 0.2) is 5.38 Å². The Balaban J connectivity index is 2.04. The Morgan fingerprint density at radius 1 is 1.79 bits per heavy atom. The van der Waals surface area contributed by atoms with E-state index in [0.717, 1.165) is 19.5 Å². The summed E-state index contributed by atoms with van der Waals surface area (Å²) in [7, 11) is 1.82. The molecule has 14 heavy (non-hydrogen) atoms. The Morgan fingerprint density at radius 3 is 3.21 bits per heavy atom. The van der Waals surface area contributed by atoms with Gasteiger partial charge >= 0.3 is 0 Å². The zero-order valence-electron chi connectivity index (χ0n) is 7.93. The van der Waals surface area contributed by atoms with Crippen molar-refractivity contribution in [3.63, 3.8) is 0 Å². The first-order valence-corrected chi connectivity index (χ1v) is 5.37. The highest BCUT2D eigenvalue weighted by Gasteiger charge is 2.25. The average molecular weight is 212 g/mol. The van der Waals surface area contributed by atoms with E-state index in [1.54, 1.807) is 10.3 Å². The van der Waals surface area contributed by atoms with Gasteiger partial charge in [-0.25, -0.2) is 0 Å². The second-order valence-corrected chi connectivity index (χ2v) is 3.96. The fraction of sp³-hybridized carbons (Fsp3) is 0.625. The van der Waals surface area contributed by atoms with Gasteiger partial charge < -0.3 is 10.2 Å². The quantitative estimate of drug-likeness (QED) is 0.748. The van der Waals surface area contributed by atoms with E-state index < -0.39 is 0 Å². The lowest BCUT2D eigenvalue weighted by molar-refractivity contribution is 0.0738. The summed E-state index contributed by atoms with van der Waals surface area (Å²) in [5.41, 5.74) is 0.449. The summed E-state index contributed by atoms with van der Waals surface area (Å²) in [6.07, 6.45) is 1.01. The third-order valence-corrected chi connectivity index (χ3v) is 2.99. The molecule has 1 aliphatic rings. The minimum absolute atomic E-state index is 0.0348. The molecule has 0 bridgehead atoms. The van der Waals surface area contributed by atoms with Gasteiger partial charge in [0.1, 0.15) is 0 Å². The van der Waals surface area contributed by atoms with Crippen LogP contribution in [0.4, 0.5) is 0 Å². The topological polar surface area (TPSA) is 58.1 Å². The van der Waals surface area contributed by atoms with Crippen molar-refractivity contribution < 1.29 is 4.79 Å². The molecule has 0 spiro atoms. The van der Waals surface area contributed by atoms with Crippen molar-refractivity contribution in [2.45, 2.75) is 12.5 Å². The molecular weight excluding hydrogens is 200 g/mol. The van der Waals surface area contributed by atoms with Gasteiger partial charge in [0.25, 0.3) is 5.91 Å². The van der Waals surface area contributed by atoms with E-state index in [1.165, 1.54) is 11.5 Å². The summed E-state index contributed by atoms with van der Waals surface area (Å²) in [6.45, 7) is 1.86. The first-order valence-electron chi connectivity index (χ1n) is 4.54. The maximum Gasteiger partial charge on any atom is 0.275 e. The molecule has 1 aliphatic heterocycles. The fourth-order valence-electron chi connectivity index (χ4n) is 1.57. The van der Waals surface area contributed by atoms with Crippen LogP contribution in [0.25, 0.3) is 0 Å². The number of hydrogen-bond acceptors (Lipinski definition) is 5. The van der Waals surface area contributed by atoms with Crippen molar-refractivity contribution in [1.29, 1.82) is 0 Å². The normalized spacial score (nSPS) is 21.1. The average Bonchev–Trinajstić information content (AvgIpc) is 2.87. The van der Waals surface area contributed by atoms with Crippen LogP contribution < -0.4 is 5.32 Å². The molecular formula is C8H12N4OS. The van der Waals surface area contributed by atoms with Crippen LogP contribution in [-0.2, 0) is 0 Å². The zero-order chi connectivity index (χ0) is 9.97.